The van der Waals surface area contributed by atoms with Crippen molar-refractivity contribution < 1.29 is 27.9 Å². The molecule has 74 valence electrons. The van der Waals surface area contributed by atoms with Crippen molar-refractivity contribution in [3.05, 3.63) is 0 Å². The van der Waals surface area contributed by atoms with Crippen LogP contribution in [0.5, 0.6) is 0 Å². The van der Waals surface area contributed by atoms with E-state index in [2.05, 4.69) is 4.18 Å². The SMILES string of the molecule is NCCS(=O)(=O)OCC(O)(O)O. The standard InChI is InChI=1S/C4H11NO6S/c5-1-2-12(9,10)11-3-4(6,7)8/h6-8H,1-3,5H2. The quantitative estimate of drug-likeness (QED) is 0.274. The van der Waals surface area contributed by atoms with Gasteiger partial charge in [0.25, 0.3) is 10.1 Å². The van der Waals surface area contributed by atoms with Gasteiger partial charge in [-0.2, -0.15) is 8.42 Å². The molecule has 8 heteroatoms. The summed E-state index contributed by atoms with van der Waals surface area (Å²) in [7, 11) is -3.87. The molecule has 0 aliphatic rings. The molecular formula is C4H11NO6S. The zero-order valence-electron chi connectivity index (χ0n) is 6.17. The lowest BCUT2D eigenvalue weighted by Crippen LogP contribution is -2.35. The average molecular weight is 201 g/mol. The Kier molecular flexibility index (Phi) is 4.03. The molecule has 0 aromatic carbocycles. The molecule has 0 saturated heterocycles. The molecule has 0 aliphatic heterocycles. The molecule has 0 fully saturated rings. The highest BCUT2D eigenvalue weighted by Crippen LogP contribution is 1.98. The van der Waals surface area contributed by atoms with E-state index < -0.39 is 28.5 Å². The molecule has 5 N–H and O–H groups in total. The van der Waals surface area contributed by atoms with Gasteiger partial charge in [-0.25, -0.2) is 0 Å². The fourth-order valence-electron chi connectivity index (χ4n) is 0.372. The van der Waals surface area contributed by atoms with Crippen molar-refractivity contribution in [2.45, 2.75) is 5.97 Å². The molecule has 0 aromatic heterocycles. The predicted molar refractivity (Wildman–Crippen MR) is 38.2 cm³/mol. The summed E-state index contributed by atoms with van der Waals surface area (Å²) in [6, 6.07) is 0. The maximum absolute atomic E-state index is 10.6. The van der Waals surface area contributed by atoms with Crippen molar-refractivity contribution in [2.24, 2.45) is 5.73 Å². The number of nitrogens with two attached hydrogens (primary N) is 1. The summed E-state index contributed by atoms with van der Waals surface area (Å²) in [6.45, 7) is -1.27. The highest BCUT2D eigenvalue weighted by Gasteiger charge is 2.22. The lowest BCUT2D eigenvalue weighted by atomic mass is 10.6. The van der Waals surface area contributed by atoms with Crippen molar-refractivity contribution in [2.75, 3.05) is 18.9 Å². The van der Waals surface area contributed by atoms with Crippen LogP contribution in [0.1, 0.15) is 0 Å². The van der Waals surface area contributed by atoms with Crippen LogP contribution in [0.3, 0.4) is 0 Å². The Morgan fingerprint density at radius 3 is 2.17 bits per heavy atom. The van der Waals surface area contributed by atoms with Gasteiger partial charge < -0.3 is 21.1 Å². The second kappa shape index (κ2) is 4.12. The Hall–Kier alpha value is -0.250. The van der Waals surface area contributed by atoms with Crippen molar-refractivity contribution in [3.8, 4) is 0 Å². The van der Waals surface area contributed by atoms with Gasteiger partial charge in [0.2, 0.25) is 0 Å². The first-order chi connectivity index (χ1) is 5.27. The summed E-state index contributed by atoms with van der Waals surface area (Å²) in [4.78, 5) is 0. The molecule has 0 heterocycles. The molecule has 0 saturated carbocycles. The summed E-state index contributed by atoms with van der Waals surface area (Å²) in [5.74, 6) is -3.58. The molecule has 0 atom stereocenters. The van der Waals surface area contributed by atoms with E-state index in [1.807, 2.05) is 0 Å². The van der Waals surface area contributed by atoms with Crippen LogP contribution in [0.25, 0.3) is 0 Å². The van der Waals surface area contributed by atoms with E-state index in [1.165, 1.54) is 0 Å². The van der Waals surface area contributed by atoms with Gasteiger partial charge in [0, 0.05) is 6.54 Å². The van der Waals surface area contributed by atoms with E-state index in [9.17, 15) is 8.42 Å². The van der Waals surface area contributed by atoms with Crippen LogP contribution in [0.15, 0.2) is 0 Å². The minimum absolute atomic E-state index is 0.141. The van der Waals surface area contributed by atoms with Gasteiger partial charge in [0.15, 0.2) is 0 Å². The van der Waals surface area contributed by atoms with Crippen LogP contribution in [0.2, 0.25) is 0 Å². The molecule has 0 unspecified atom stereocenters. The van der Waals surface area contributed by atoms with E-state index in [0.29, 0.717) is 0 Å². The summed E-state index contributed by atoms with van der Waals surface area (Å²) in [5.41, 5.74) is 4.91. The number of hydrogen-bond acceptors (Lipinski definition) is 7. The van der Waals surface area contributed by atoms with Crippen LogP contribution >= 0.6 is 0 Å². The van der Waals surface area contributed by atoms with E-state index in [4.69, 9.17) is 21.1 Å². The van der Waals surface area contributed by atoms with Gasteiger partial charge >= 0.3 is 5.97 Å². The van der Waals surface area contributed by atoms with E-state index in [1.54, 1.807) is 0 Å². The molecule has 0 aliphatic carbocycles. The van der Waals surface area contributed by atoms with E-state index >= 15 is 0 Å². The monoisotopic (exact) mass is 201 g/mol. The normalized spacial score (nSPS) is 13.3. The maximum atomic E-state index is 10.6. The molecule has 0 aromatic rings. The Balaban J connectivity index is 3.94. The van der Waals surface area contributed by atoms with Crippen molar-refractivity contribution in [3.63, 3.8) is 0 Å². The highest BCUT2D eigenvalue weighted by atomic mass is 32.2. The lowest BCUT2D eigenvalue weighted by Gasteiger charge is -2.13. The third-order valence-electron chi connectivity index (χ3n) is 0.800. The summed E-state index contributed by atoms with van der Waals surface area (Å²) < 4.78 is 25.3. The molecule has 12 heavy (non-hydrogen) atoms. The van der Waals surface area contributed by atoms with Crippen LogP contribution in [-0.2, 0) is 14.3 Å². The molecule has 0 radical (unpaired) electrons. The molecule has 0 bridgehead atoms. The maximum Gasteiger partial charge on any atom is 0.301 e. The molecule has 7 nitrogen and oxygen atoms in total. The highest BCUT2D eigenvalue weighted by molar-refractivity contribution is 7.86. The van der Waals surface area contributed by atoms with Crippen LogP contribution in [-0.4, -0.2) is 48.6 Å². The van der Waals surface area contributed by atoms with E-state index in [-0.39, 0.29) is 6.54 Å². The van der Waals surface area contributed by atoms with Crippen LogP contribution < -0.4 is 5.73 Å². The summed E-state index contributed by atoms with van der Waals surface area (Å²) in [6.07, 6.45) is 0. The average Bonchev–Trinajstić information content (AvgIpc) is 1.83. The predicted octanol–water partition coefficient (Wildman–Crippen LogP) is -3.08. The smallest absolute Gasteiger partial charge is 0.301 e. The van der Waals surface area contributed by atoms with Crippen LogP contribution in [0, 0.1) is 0 Å². The first kappa shape index (κ1) is 11.8. The Morgan fingerprint density at radius 1 is 1.33 bits per heavy atom. The fourth-order valence-corrected chi connectivity index (χ4v) is 1.12. The van der Waals surface area contributed by atoms with Gasteiger partial charge in [-0.1, -0.05) is 0 Å². The van der Waals surface area contributed by atoms with E-state index in [0.717, 1.165) is 0 Å². The Morgan fingerprint density at radius 2 is 1.83 bits per heavy atom. The summed E-state index contributed by atoms with van der Waals surface area (Å²) >= 11 is 0. The minimum Gasteiger partial charge on any atom is -0.342 e. The number of aliphatic hydroxyl groups is 3. The van der Waals surface area contributed by atoms with Crippen molar-refractivity contribution in [1.29, 1.82) is 0 Å². The van der Waals surface area contributed by atoms with Gasteiger partial charge in [-0.3, -0.25) is 4.18 Å². The second-order valence-electron chi connectivity index (χ2n) is 2.09. The van der Waals surface area contributed by atoms with Gasteiger partial charge in [0.1, 0.15) is 6.61 Å². The summed E-state index contributed by atoms with van der Waals surface area (Å²) in [5, 5.41) is 24.7. The fraction of sp³-hybridized carbons (Fsp3) is 1.00. The first-order valence-corrected chi connectivity index (χ1v) is 4.59. The molecule has 0 rings (SSSR count). The van der Waals surface area contributed by atoms with Gasteiger partial charge in [-0.15, -0.1) is 0 Å². The van der Waals surface area contributed by atoms with Crippen molar-refractivity contribution in [1.82, 2.24) is 0 Å². The second-order valence-corrected chi connectivity index (χ2v) is 3.85. The molecule has 0 spiro atoms. The third-order valence-corrected chi connectivity index (χ3v) is 2.01. The zero-order chi connectivity index (χ0) is 9.83. The Labute approximate surface area is 69.5 Å². The minimum atomic E-state index is -3.87. The molecular weight excluding hydrogens is 190 g/mol. The zero-order valence-corrected chi connectivity index (χ0v) is 6.99. The first-order valence-electron chi connectivity index (χ1n) is 3.01. The Bertz CT molecular complexity index is 216. The number of rotatable bonds is 5. The van der Waals surface area contributed by atoms with Crippen molar-refractivity contribution >= 4 is 10.1 Å². The van der Waals surface area contributed by atoms with Gasteiger partial charge in [0.05, 0.1) is 5.75 Å². The number of hydrogen-bond donors (Lipinski definition) is 4. The topological polar surface area (TPSA) is 130 Å². The molecule has 0 amide bonds. The van der Waals surface area contributed by atoms with Gasteiger partial charge in [-0.05, 0) is 0 Å². The third kappa shape index (κ3) is 6.46. The largest absolute Gasteiger partial charge is 0.342 e. The van der Waals surface area contributed by atoms with Crippen LogP contribution in [0.4, 0.5) is 0 Å². The lowest BCUT2D eigenvalue weighted by molar-refractivity contribution is -0.322.